The molecule has 2 heterocycles. The summed E-state index contributed by atoms with van der Waals surface area (Å²) in [5.41, 5.74) is 3.43. The van der Waals surface area contributed by atoms with E-state index >= 15 is 0 Å². The Labute approximate surface area is 180 Å². The van der Waals surface area contributed by atoms with E-state index in [1.54, 1.807) is 12.1 Å². The van der Waals surface area contributed by atoms with Gasteiger partial charge in [0.05, 0.1) is 23.0 Å². The van der Waals surface area contributed by atoms with E-state index in [9.17, 15) is 18.4 Å². The van der Waals surface area contributed by atoms with Crippen LogP contribution >= 0.6 is 23.4 Å². The van der Waals surface area contributed by atoms with Crippen LogP contribution < -0.4 is 26.4 Å². The number of fused-ring (bicyclic) bond motifs is 1. The third-order valence-electron chi connectivity index (χ3n) is 4.76. The van der Waals surface area contributed by atoms with Crippen LogP contribution in [0.3, 0.4) is 0 Å². The van der Waals surface area contributed by atoms with E-state index in [4.69, 9.17) is 11.6 Å². The standard InChI is InChI=1S/C19H18ClF2N5O2S/c20-10-1-4-12(5-2-10)27-17-13(8-23-27)18(29)26-19(25-17)30-9-16(28)24-15-6-3-11(21)7-14(15)22/h1-7,13,17,19,23,25H,8-9H2,(H,24,28)(H,26,29). The number of carbonyl (C=O) groups excluding carboxylic acids is 2. The van der Waals surface area contributed by atoms with Gasteiger partial charge in [0.2, 0.25) is 11.8 Å². The number of rotatable bonds is 5. The molecule has 3 atom stereocenters. The largest absolute Gasteiger partial charge is 0.331 e. The first-order valence-corrected chi connectivity index (χ1v) is 10.5. The summed E-state index contributed by atoms with van der Waals surface area (Å²) in [6.45, 7) is 0.466. The normalized spacial score (nSPS) is 23.1. The van der Waals surface area contributed by atoms with Gasteiger partial charge in [0, 0.05) is 17.6 Å². The van der Waals surface area contributed by atoms with Crippen LogP contribution in [-0.2, 0) is 9.59 Å². The van der Waals surface area contributed by atoms with Gasteiger partial charge in [0.25, 0.3) is 0 Å². The first-order chi connectivity index (χ1) is 14.4. The topological polar surface area (TPSA) is 85.5 Å². The Morgan fingerprint density at radius 1 is 1.23 bits per heavy atom. The Balaban J connectivity index is 1.36. The molecule has 3 unspecified atom stereocenters. The van der Waals surface area contributed by atoms with Crippen LogP contribution in [0.5, 0.6) is 0 Å². The summed E-state index contributed by atoms with van der Waals surface area (Å²) in [5, 5.41) is 11.0. The number of nitrogens with zero attached hydrogens (tertiary/aromatic N) is 1. The Hall–Kier alpha value is -2.40. The van der Waals surface area contributed by atoms with Gasteiger partial charge < -0.3 is 10.6 Å². The minimum atomic E-state index is -0.851. The van der Waals surface area contributed by atoms with Crippen molar-refractivity contribution in [1.82, 2.24) is 16.1 Å². The monoisotopic (exact) mass is 453 g/mol. The molecule has 4 N–H and O–H groups in total. The second kappa shape index (κ2) is 8.76. The minimum absolute atomic E-state index is 0.0411. The number of amides is 2. The zero-order valence-corrected chi connectivity index (χ0v) is 17.1. The van der Waals surface area contributed by atoms with E-state index in [2.05, 4.69) is 21.4 Å². The first kappa shape index (κ1) is 20.9. The number of anilines is 2. The summed E-state index contributed by atoms with van der Waals surface area (Å²) in [7, 11) is 0. The molecule has 2 aliphatic rings. The van der Waals surface area contributed by atoms with E-state index in [-0.39, 0.29) is 29.4 Å². The highest BCUT2D eigenvalue weighted by Crippen LogP contribution is 2.28. The molecule has 0 bridgehead atoms. The summed E-state index contributed by atoms with van der Waals surface area (Å²) >= 11 is 7.11. The van der Waals surface area contributed by atoms with Crippen LogP contribution in [0.15, 0.2) is 42.5 Å². The molecule has 7 nitrogen and oxygen atoms in total. The van der Waals surface area contributed by atoms with Crippen LogP contribution in [0, 0.1) is 17.6 Å². The summed E-state index contributed by atoms with van der Waals surface area (Å²) in [6.07, 6.45) is -0.310. The van der Waals surface area contributed by atoms with E-state index in [0.717, 1.165) is 29.6 Å². The van der Waals surface area contributed by atoms with Crippen molar-refractivity contribution in [2.24, 2.45) is 5.92 Å². The predicted octanol–water partition coefficient (Wildman–Crippen LogP) is 2.26. The van der Waals surface area contributed by atoms with Crippen LogP contribution in [0.2, 0.25) is 5.02 Å². The molecule has 2 aliphatic heterocycles. The number of hydrogen-bond acceptors (Lipinski definition) is 6. The molecular weight excluding hydrogens is 436 g/mol. The number of benzene rings is 2. The van der Waals surface area contributed by atoms with Gasteiger partial charge in [-0.05, 0) is 36.4 Å². The number of hydrazine groups is 1. The molecule has 0 spiro atoms. The van der Waals surface area contributed by atoms with E-state index < -0.39 is 23.0 Å². The lowest BCUT2D eigenvalue weighted by Crippen LogP contribution is -2.63. The van der Waals surface area contributed by atoms with E-state index in [1.807, 2.05) is 17.1 Å². The molecule has 4 rings (SSSR count). The van der Waals surface area contributed by atoms with Crippen molar-refractivity contribution in [3.8, 4) is 0 Å². The Bertz CT molecular complexity index is 964. The molecule has 0 aliphatic carbocycles. The second-order valence-corrected chi connectivity index (χ2v) is 8.33. The molecule has 2 amide bonds. The van der Waals surface area contributed by atoms with Gasteiger partial charge >= 0.3 is 0 Å². The maximum Gasteiger partial charge on any atom is 0.234 e. The van der Waals surface area contributed by atoms with Gasteiger partial charge in [-0.3, -0.25) is 19.9 Å². The highest BCUT2D eigenvalue weighted by atomic mass is 35.5. The average Bonchev–Trinajstić information content (AvgIpc) is 3.14. The number of carbonyl (C=O) groups is 2. The van der Waals surface area contributed by atoms with Gasteiger partial charge in [-0.25, -0.2) is 14.2 Å². The van der Waals surface area contributed by atoms with Crippen molar-refractivity contribution in [2.75, 3.05) is 22.6 Å². The van der Waals surface area contributed by atoms with Crippen molar-refractivity contribution < 1.29 is 18.4 Å². The molecule has 11 heteroatoms. The molecular formula is C19H18ClF2N5O2S. The van der Waals surface area contributed by atoms with Gasteiger partial charge in [-0.2, -0.15) is 0 Å². The van der Waals surface area contributed by atoms with Crippen molar-refractivity contribution in [3.63, 3.8) is 0 Å². The molecule has 2 fully saturated rings. The van der Waals surface area contributed by atoms with Crippen LogP contribution in [0.4, 0.5) is 20.2 Å². The van der Waals surface area contributed by atoms with Crippen molar-refractivity contribution in [2.45, 2.75) is 11.7 Å². The molecule has 30 heavy (non-hydrogen) atoms. The summed E-state index contributed by atoms with van der Waals surface area (Å²) in [6, 6.07) is 10.1. The lowest BCUT2D eigenvalue weighted by atomic mass is 10.1. The third kappa shape index (κ3) is 4.51. The first-order valence-electron chi connectivity index (χ1n) is 9.12. The highest BCUT2D eigenvalue weighted by molar-refractivity contribution is 8.00. The van der Waals surface area contributed by atoms with Gasteiger partial charge in [0.1, 0.15) is 23.3 Å². The Morgan fingerprint density at radius 3 is 2.73 bits per heavy atom. The van der Waals surface area contributed by atoms with Crippen molar-refractivity contribution >= 4 is 46.6 Å². The van der Waals surface area contributed by atoms with Crippen LogP contribution in [0.25, 0.3) is 0 Å². The van der Waals surface area contributed by atoms with Gasteiger partial charge in [0.15, 0.2) is 0 Å². The summed E-state index contributed by atoms with van der Waals surface area (Å²) in [5.74, 6) is -2.52. The maximum atomic E-state index is 13.7. The van der Waals surface area contributed by atoms with E-state index in [1.165, 1.54) is 0 Å². The lowest BCUT2D eigenvalue weighted by molar-refractivity contribution is -0.127. The fourth-order valence-corrected chi connectivity index (χ4v) is 4.28. The number of thioether (sulfide) groups is 1. The van der Waals surface area contributed by atoms with Crippen LogP contribution in [0.1, 0.15) is 0 Å². The lowest BCUT2D eigenvalue weighted by Gasteiger charge is -2.37. The average molecular weight is 454 g/mol. The molecule has 0 saturated carbocycles. The molecule has 158 valence electrons. The van der Waals surface area contributed by atoms with E-state index in [0.29, 0.717) is 17.6 Å². The predicted molar refractivity (Wildman–Crippen MR) is 112 cm³/mol. The molecule has 2 aromatic rings. The molecule has 2 aromatic carbocycles. The number of hydrogen-bond donors (Lipinski definition) is 4. The molecule has 0 aromatic heterocycles. The highest BCUT2D eigenvalue weighted by Gasteiger charge is 2.44. The molecule has 0 radical (unpaired) electrons. The van der Waals surface area contributed by atoms with Crippen molar-refractivity contribution in [1.29, 1.82) is 0 Å². The fourth-order valence-electron chi connectivity index (χ4n) is 3.33. The third-order valence-corrected chi connectivity index (χ3v) is 6.03. The van der Waals surface area contributed by atoms with Crippen molar-refractivity contribution in [3.05, 3.63) is 59.1 Å². The fraction of sp³-hybridized carbons (Fsp3) is 0.263. The summed E-state index contributed by atoms with van der Waals surface area (Å²) in [4.78, 5) is 24.6. The Morgan fingerprint density at radius 2 is 2.00 bits per heavy atom. The zero-order valence-electron chi connectivity index (χ0n) is 15.5. The number of halogens is 3. The van der Waals surface area contributed by atoms with Crippen LogP contribution in [-0.4, -0.2) is 35.8 Å². The van der Waals surface area contributed by atoms with Gasteiger partial charge in [-0.1, -0.05) is 11.6 Å². The SMILES string of the molecule is O=C(CSC1NC(=O)C2CNN(c3ccc(Cl)cc3)C2N1)Nc1ccc(F)cc1F. The van der Waals surface area contributed by atoms with Gasteiger partial charge in [-0.15, -0.1) is 11.8 Å². The number of nitrogens with one attached hydrogen (secondary N) is 4. The molecule has 2 saturated heterocycles. The summed E-state index contributed by atoms with van der Waals surface area (Å²) < 4.78 is 26.7. The smallest absolute Gasteiger partial charge is 0.234 e. The minimum Gasteiger partial charge on any atom is -0.331 e. The Kier molecular flexibility index (Phi) is 6.09. The quantitative estimate of drug-likeness (QED) is 0.556. The maximum absolute atomic E-state index is 13.7. The zero-order chi connectivity index (χ0) is 21.3. The second-order valence-electron chi connectivity index (χ2n) is 6.80.